The number of benzene rings is 2. The highest BCUT2D eigenvalue weighted by molar-refractivity contribution is 6.03. The first-order valence-electron chi connectivity index (χ1n) is 8.62. The summed E-state index contributed by atoms with van der Waals surface area (Å²) in [4.78, 5) is 32.6. The molecule has 0 aliphatic carbocycles. The number of aryl methyl sites for hydroxylation is 2. The van der Waals surface area contributed by atoms with Crippen LogP contribution in [-0.2, 0) is 4.74 Å². The summed E-state index contributed by atoms with van der Waals surface area (Å²) >= 11 is 0. The second-order valence-corrected chi connectivity index (χ2v) is 6.28. The van der Waals surface area contributed by atoms with Crippen molar-refractivity contribution >= 4 is 29.1 Å². The number of nitrogens with one attached hydrogen (secondary N) is 2. The van der Waals surface area contributed by atoms with Gasteiger partial charge in [-0.05, 0) is 49.2 Å². The number of methoxy groups -OCH3 is 1. The molecule has 0 radical (unpaired) electrons. The number of hydrogen-bond donors (Lipinski definition) is 2. The third-order valence-corrected chi connectivity index (χ3v) is 3.97. The van der Waals surface area contributed by atoms with E-state index in [4.69, 9.17) is 4.74 Å². The maximum Gasteiger partial charge on any atom is 0.339 e. The third kappa shape index (κ3) is 4.50. The van der Waals surface area contributed by atoms with E-state index >= 15 is 0 Å². The van der Waals surface area contributed by atoms with Crippen LogP contribution in [-0.4, -0.2) is 29.0 Å². The van der Waals surface area contributed by atoms with Gasteiger partial charge in [0.1, 0.15) is 17.8 Å². The van der Waals surface area contributed by atoms with Crippen LogP contribution in [0.3, 0.4) is 0 Å². The van der Waals surface area contributed by atoms with E-state index in [0.29, 0.717) is 22.8 Å². The molecule has 0 bridgehead atoms. The first-order chi connectivity index (χ1) is 13.5. The van der Waals surface area contributed by atoms with Crippen molar-refractivity contribution in [1.29, 1.82) is 0 Å². The Kier molecular flexibility index (Phi) is 5.64. The summed E-state index contributed by atoms with van der Waals surface area (Å²) in [5.41, 5.74) is 3.90. The number of para-hydroxylation sites is 1. The first-order valence-corrected chi connectivity index (χ1v) is 8.62. The van der Waals surface area contributed by atoms with Gasteiger partial charge in [0.25, 0.3) is 5.91 Å². The highest BCUT2D eigenvalue weighted by atomic mass is 16.5. The molecule has 0 aliphatic rings. The molecule has 0 fully saturated rings. The number of carbonyl (C=O) groups is 2. The Hall–Kier alpha value is -3.74. The quantitative estimate of drug-likeness (QED) is 0.657. The van der Waals surface area contributed by atoms with Crippen molar-refractivity contribution in [1.82, 2.24) is 9.97 Å². The molecule has 0 spiro atoms. The maximum absolute atomic E-state index is 12.6. The van der Waals surface area contributed by atoms with Crippen molar-refractivity contribution in [2.45, 2.75) is 13.8 Å². The molecule has 0 unspecified atom stereocenters. The minimum Gasteiger partial charge on any atom is -0.465 e. The van der Waals surface area contributed by atoms with E-state index in [2.05, 4.69) is 20.6 Å². The molecule has 7 nitrogen and oxygen atoms in total. The number of rotatable bonds is 5. The van der Waals surface area contributed by atoms with Crippen LogP contribution >= 0.6 is 0 Å². The van der Waals surface area contributed by atoms with Gasteiger partial charge < -0.3 is 15.4 Å². The van der Waals surface area contributed by atoms with Gasteiger partial charge >= 0.3 is 5.97 Å². The third-order valence-electron chi connectivity index (χ3n) is 3.97. The average Bonchev–Trinajstić information content (AvgIpc) is 2.67. The second-order valence-electron chi connectivity index (χ2n) is 6.28. The lowest BCUT2D eigenvalue weighted by atomic mass is 10.1. The lowest BCUT2D eigenvalue weighted by Crippen LogP contribution is -2.14. The van der Waals surface area contributed by atoms with E-state index < -0.39 is 5.97 Å². The van der Waals surface area contributed by atoms with E-state index in [9.17, 15) is 9.59 Å². The second kappa shape index (κ2) is 8.30. The standard InChI is InChI=1S/C21H20N4O3/c1-13-8-14(2)10-15(9-13)24-20(26)18-11-19(23-12-22-18)25-17-7-5-4-6-16(17)21(27)28-3/h4-12H,1-3H3,(H,24,26)(H,22,23,25). The minimum atomic E-state index is -0.468. The SMILES string of the molecule is COC(=O)c1ccccc1Nc1cc(C(=O)Nc2cc(C)cc(C)c2)ncn1. The summed E-state index contributed by atoms with van der Waals surface area (Å²) in [5, 5.41) is 5.87. The van der Waals surface area contributed by atoms with E-state index in [0.717, 1.165) is 11.1 Å². The van der Waals surface area contributed by atoms with Crippen molar-refractivity contribution in [3.8, 4) is 0 Å². The van der Waals surface area contributed by atoms with Gasteiger partial charge in [0, 0.05) is 11.8 Å². The molecule has 3 rings (SSSR count). The molecule has 1 aromatic heterocycles. The van der Waals surface area contributed by atoms with Gasteiger partial charge in [-0.1, -0.05) is 18.2 Å². The lowest BCUT2D eigenvalue weighted by Gasteiger charge is -2.11. The lowest BCUT2D eigenvalue weighted by molar-refractivity contribution is 0.0601. The zero-order chi connectivity index (χ0) is 20.1. The van der Waals surface area contributed by atoms with Crippen LogP contribution in [0.2, 0.25) is 0 Å². The fraction of sp³-hybridized carbons (Fsp3) is 0.143. The zero-order valence-corrected chi connectivity index (χ0v) is 15.8. The number of nitrogens with zero attached hydrogens (tertiary/aromatic N) is 2. The molecule has 2 N–H and O–H groups in total. The summed E-state index contributed by atoms with van der Waals surface area (Å²) in [6, 6.07) is 14.2. The summed E-state index contributed by atoms with van der Waals surface area (Å²) in [5.74, 6) is -0.432. The fourth-order valence-corrected chi connectivity index (χ4v) is 2.81. The molecule has 0 saturated heterocycles. The Morgan fingerprint density at radius 1 is 0.964 bits per heavy atom. The Morgan fingerprint density at radius 3 is 2.39 bits per heavy atom. The molecule has 3 aromatic rings. The van der Waals surface area contributed by atoms with Crippen molar-refractivity contribution in [2.75, 3.05) is 17.7 Å². The largest absolute Gasteiger partial charge is 0.465 e. The Morgan fingerprint density at radius 2 is 1.68 bits per heavy atom. The Balaban J connectivity index is 1.81. The fourth-order valence-electron chi connectivity index (χ4n) is 2.81. The topological polar surface area (TPSA) is 93.2 Å². The van der Waals surface area contributed by atoms with Crippen molar-refractivity contribution in [2.24, 2.45) is 0 Å². The minimum absolute atomic E-state index is 0.201. The van der Waals surface area contributed by atoms with Crippen LogP contribution in [0.15, 0.2) is 54.9 Å². The van der Waals surface area contributed by atoms with Gasteiger partial charge in [-0.3, -0.25) is 4.79 Å². The monoisotopic (exact) mass is 376 g/mol. The molecule has 0 atom stereocenters. The van der Waals surface area contributed by atoms with Gasteiger partial charge in [0.05, 0.1) is 18.4 Å². The molecular weight excluding hydrogens is 356 g/mol. The van der Waals surface area contributed by atoms with Crippen molar-refractivity contribution in [3.05, 3.63) is 77.2 Å². The average molecular weight is 376 g/mol. The Bertz CT molecular complexity index is 1010. The van der Waals surface area contributed by atoms with Gasteiger partial charge in [-0.15, -0.1) is 0 Å². The van der Waals surface area contributed by atoms with Crippen LogP contribution in [0.25, 0.3) is 0 Å². The number of carbonyl (C=O) groups excluding carboxylic acids is 2. The molecule has 28 heavy (non-hydrogen) atoms. The summed E-state index contributed by atoms with van der Waals surface area (Å²) in [7, 11) is 1.32. The van der Waals surface area contributed by atoms with E-state index in [1.54, 1.807) is 24.3 Å². The van der Waals surface area contributed by atoms with E-state index in [-0.39, 0.29) is 11.6 Å². The first kappa shape index (κ1) is 19.0. The predicted octanol–water partition coefficient (Wildman–Crippen LogP) is 3.88. The van der Waals surface area contributed by atoms with Crippen LogP contribution in [0.1, 0.15) is 32.0 Å². The smallest absolute Gasteiger partial charge is 0.339 e. The van der Waals surface area contributed by atoms with E-state index in [1.807, 2.05) is 32.0 Å². The molecule has 7 heteroatoms. The van der Waals surface area contributed by atoms with E-state index in [1.165, 1.54) is 19.5 Å². The Labute approximate surface area is 162 Å². The number of esters is 1. The molecule has 1 amide bonds. The van der Waals surface area contributed by atoms with Gasteiger partial charge in [-0.25, -0.2) is 14.8 Å². The van der Waals surface area contributed by atoms with Gasteiger partial charge in [0.2, 0.25) is 0 Å². The van der Waals surface area contributed by atoms with Crippen LogP contribution < -0.4 is 10.6 Å². The maximum atomic E-state index is 12.6. The number of ether oxygens (including phenoxy) is 1. The normalized spacial score (nSPS) is 10.2. The molecule has 2 aromatic carbocycles. The molecule has 142 valence electrons. The van der Waals surface area contributed by atoms with Gasteiger partial charge in [-0.2, -0.15) is 0 Å². The van der Waals surface area contributed by atoms with Crippen LogP contribution in [0.4, 0.5) is 17.2 Å². The summed E-state index contributed by atoms with van der Waals surface area (Å²) in [6.07, 6.45) is 1.29. The van der Waals surface area contributed by atoms with Crippen LogP contribution in [0, 0.1) is 13.8 Å². The highest BCUT2D eigenvalue weighted by Gasteiger charge is 2.13. The molecule has 0 aliphatic heterocycles. The van der Waals surface area contributed by atoms with Crippen molar-refractivity contribution < 1.29 is 14.3 Å². The number of hydrogen-bond acceptors (Lipinski definition) is 6. The summed E-state index contributed by atoms with van der Waals surface area (Å²) < 4.78 is 4.79. The van der Waals surface area contributed by atoms with Crippen LogP contribution in [0.5, 0.6) is 0 Å². The molecular formula is C21H20N4O3. The number of amides is 1. The summed E-state index contributed by atoms with van der Waals surface area (Å²) in [6.45, 7) is 3.93. The molecule has 0 saturated carbocycles. The highest BCUT2D eigenvalue weighted by Crippen LogP contribution is 2.21. The van der Waals surface area contributed by atoms with Gasteiger partial charge in [0.15, 0.2) is 0 Å². The predicted molar refractivity (Wildman–Crippen MR) is 107 cm³/mol. The zero-order valence-electron chi connectivity index (χ0n) is 15.8. The number of aromatic nitrogens is 2. The number of anilines is 3. The van der Waals surface area contributed by atoms with Crippen molar-refractivity contribution in [3.63, 3.8) is 0 Å². The molecule has 1 heterocycles.